The Morgan fingerprint density at radius 1 is 1.10 bits per heavy atom. The van der Waals surface area contributed by atoms with Crippen LogP contribution in [-0.4, -0.2) is 9.13 Å². The highest BCUT2D eigenvalue weighted by molar-refractivity contribution is 6.42. The van der Waals surface area contributed by atoms with Gasteiger partial charge in [-0.1, -0.05) is 35.3 Å². The van der Waals surface area contributed by atoms with Crippen molar-refractivity contribution in [3.63, 3.8) is 0 Å². The van der Waals surface area contributed by atoms with E-state index in [-0.39, 0.29) is 12.3 Å². The lowest BCUT2D eigenvalue weighted by atomic mass is 10.2. The molecule has 0 aliphatic heterocycles. The fourth-order valence-electron chi connectivity index (χ4n) is 2.79. The van der Waals surface area contributed by atoms with E-state index in [0.717, 1.165) is 12.6 Å². The second-order valence-corrected chi connectivity index (χ2v) is 7.23. The number of aromatic nitrogens is 2. The highest BCUT2D eigenvalue weighted by Crippen LogP contribution is 2.27. The Labute approximate surface area is 178 Å². The Morgan fingerprint density at radius 3 is 2.50 bits per heavy atom. The lowest BCUT2D eigenvalue weighted by molar-refractivity contribution is -0.144. The molecule has 0 saturated carbocycles. The van der Waals surface area contributed by atoms with E-state index < -0.39 is 23.1 Å². The number of hydrogen-bond acceptors (Lipinski definition) is 3. The molecule has 0 amide bonds. The van der Waals surface area contributed by atoms with Crippen LogP contribution in [-0.2, 0) is 24.6 Å². The van der Waals surface area contributed by atoms with Gasteiger partial charge in [-0.15, -0.1) is 0 Å². The van der Waals surface area contributed by atoms with E-state index in [2.05, 4.69) is 0 Å². The molecular weight excluding hydrogens is 444 g/mol. The minimum atomic E-state index is -4.81. The standard InChI is InChI=1S/C20H15Cl2F3N2O3/c1-26-17(20(23,24)25)10-18(28)27(19(26)29)13-3-2-4-14(7-6-13)30-11-12-5-8-15(21)16(22)9-12/h2-3,5-10H,4,11H2,1H3. The first-order valence-electron chi connectivity index (χ1n) is 8.62. The molecule has 0 unspecified atom stereocenters. The van der Waals surface area contributed by atoms with Crippen LogP contribution in [0, 0.1) is 0 Å². The lowest BCUT2D eigenvalue weighted by Gasteiger charge is -2.14. The molecule has 1 heterocycles. The first kappa shape index (κ1) is 22.0. The quantitative estimate of drug-likeness (QED) is 0.662. The van der Waals surface area contributed by atoms with Gasteiger partial charge < -0.3 is 4.74 Å². The third-order valence-electron chi connectivity index (χ3n) is 4.32. The van der Waals surface area contributed by atoms with Crippen LogP contribution < -0.4 is 11.2 Å². The maximum absolute atomic E-state index is 13.0. The fourth-order valence-corrected chi connectivity index (χ4v) is 3.12. The monoisotopic (exact) mass is 458 g/mol. The summed E-state index contributed by atoms with van der Waals surface area (Å²) >= 11 is 11.9. The van der Waals surface area contributed by atoms with Crippen molar-refractivity contribution in [1.29, 1.82) is 0 Å². The molecule has 3 rings (SSSR count). The van der Waals surface area contributed by atoms with Gasteiger partial charge in [-0.25, -0.2) is 9.36 Å². The van der Waals surface area contributed by atoms with Gasteiger partial charge in [0, 0.05) is 19.5 Å². The number of alkyl halides is 3. The maximum atomic E-state index is 13.0. The van der Waals surface area contributed by atoms with Crippen molar-refractivity contribution in [1.82, 2.24) is 9.13 Å². The normalized spacial score (nSPS) is 14.2. The third kappa shape index (κ3) is 4.71. The summed E-state index contributed by atoms with van der Waals surface area (Å²) in [6.07, 6.45) is 1.65. The first-order valence-corrected chi connectivity index (χ1v) is 9.38. The average Bonchev–Trinajstić information content (AvgIpc) is 2.90. The predicted molar refractivity (Wildman–Crippen MR) is 108 cm³/mol. The molecule has 0 atom stereocenters. The number of halogens is 5. The Kier molecular flexibility index (Phi) is 6.28. The number of ether oxygens (including phenoxy) is 1. The van der Waals surface area contributed by atoms with Crippen LogP contribution in [0.25, 0.3) is 5.70 Å². The minimum absolute atomic E-state index is 0.127. The van der Waals surface area contributed by atoms with E-state index >= 15 is 0 Å². The summed E-state index contributed by atoms with van der Waals surface area (Å²) in [5.74, 6) is 0.532. The molecular formula is C20H15Cl2F3N2O3. The molecule has 0 spiro atoms. The Balaban J connectivity index is 1.88. The largest absolute Gasteiger partial charge is 0.493 e. The molecule has 1 aromatic heterocycles. The molecule has 10 heteroatoms. The van der Waals surface area contributed by atoms with Crippen LogP contribution in [0.3, 0.4) is 0 Å². The van der Waals surface area contributed by atoms with Crippen LogP contribution in [0.4, 0.5) is 13.2 Å². The second kappa shape index (κ2) is 8.57. The summed E-state index contributed by atoms with van der Waals surface area (Å²) in [4.78, 5) is 24.6. The molecule has 158 valence electrons. The Morgan fingerprint density at radius 2 is 1.83 bits per heavy atom. The molecule has 1 aliphatic rings. The zero-order valence-corrected chi connectivity index (χ0v) is 17.1. The van der Waals surface area contributed by atoms with Gasteiger partial charge in [-0.3, -0.25) is 9.36 Å². The van der Waals surface area contributed by atoms with Crippen LogP contribution in [0.15, 0.2) is 63.9 Å². The van der Waals surface area contributed by atoms with Crippen molar-refractivity contribution >= 4 is 28.9 Å². The topological polar surface area (TPSA) is 53.2 Å². The van der Waals surface area contributed by atoms with Crippen LogP contribution >= 0.6 is 23.2 Å². The number of hydrogen-bond donors (Lipinski definition) is 0. The highest BCUT2D eigenvalue weighted by Gasteiger charge is 2.35. The zero-order valence-electron chi connectivity index (χ0n) is 15.5. The van der Waals surface area contributed by atoms with Gasteiger partial charge >= 0.3 is 11.9 Å². The third-order valence-corrected chi connectivity index (χ3v) is 5.06. The number of benzene rings is 1. The Hall–Kier alpha value is -2.71. The highest BCUT2D eigenvalue weighted by atomic mass is 35.5. The van der Waals surface area contributed by atoms with Crippen molar-refractivity contribution in [3.05, 3.63) is 96.5 Å². The van der Waals surface area contributed by atoms with Crippen molar-refractivity contribution < 1.29 is 17.9 Å². The van der Waals surface area contributed by atoms with Gasteiger partial charge in [0.25, 0.3) is 5.56 Å². The molecule has 0 N–H and O–H groups in total. The number of nitrogens with zero attached hydrogens (tertiary/aromatic N) is 2. The fraction of sp³-hybridized carbons (Fsp3) is 0.200. The van der Waals surface area contributed by atoms with E-state index in [1.165, 1.54) is 12.2 Å². The molecule has 5 nitrogen and oxygen atoms in total. The smallest absolute Gasteiger partial charge is 0.431 e. The first-order chi connectivity index (χ1) is 14.1. The van der Waals surface area contributed by atoms with Crippen LogP contribution in [0.2, 0.25) is 10.0 Å². The molecule has 0 saturated heterocycles. The summed E-state index contributed by atoms with van der Waals surface area (Å²) < 4.78 is 45.8. The minimum Gasteiger partial charge on any atom is -0.493 e. The molecule has 0 radical (unpaired) electrons. The van der Waals surface area contributed by atoms with Crippen LogP contribution in [0.5, 0.6) is 0 Å². The van der Waals surface area contributed by atoms with Gasteiger partial charge in [-0.05, 0) is 35.9 Å². The lowest BCUT2D eigenvalue weighted by Crippen LogP contribution is -2.40. The predicted octanol–water partition coefficient (Wildman–Crippen LogP) is 4.77. The average molecular weight is 459 g/mol. The molecule has 2 aromatic rings. The van der Waals surface area contributed by atoms with Crippen LogP contribution in [0.1, 0.15) is 17.7 Å². The van der Waals surface area contributed by atoms with Crippen molar-refractivity contribution in [2.24, 2.45) is 7.05 Å². The van der Waals surface area contributed by atoms with Crippen molar-refractivity contribution in [3.8, 4) is 0 Å². The molecule has 1 aromatic carbocycles. The summed E-state index contributed by atoms with van der Waals surface area (Å²) in [6.45, 7) is 0.210. The van der Waals surface area contributed by atoms with Gasteiger partial charge in [0.15, 0.2) is 0 Å². The zero-order chi connectivity index (χ0) is 22.1. The number of rotatable bonds is 4. The summed E-state index contributed by atoms with van der Waals surface area (Å²) in [5.41, 5.74) is -2.57. The SMILES string of the molecule is Cn1c(C(F)(F)F)cc(=O)n(C2=CC=C(OCc3ccc(Cl)c(Cl)c3)CC=C2)c1=O. The van der Waals surface area contributed by atoms with E-state index in [9.17, 15) is 22.8 Å². The molecule has 0 bridgehead atoms. The molecule has 1 aliphatic carbocycles. The van der Waals surface area contributed by atoms with Gasteiger partial charge in [-0.2, -0.15) is 13.2 Å². The van der Waals surface area contributed by atoms with Gasteiger partial charge in [0.05, 0.1) is 15.7 Å². The van der Waals surface area contributed by atoms with E-state index in [1.807, 2.05) is 0 Å². The Bertz CT molecular complexity index is 1190. The molecule has 0 fully saturated rings. The second-order valence-electron chi connectivity index (χ2n) is 6.41. The van der Waals surface area contributed by atoms with Gasteiger partial charge in [0.1, 0.15) is 18.1 Å². The number of allylic oxidation sites excluding steroid dienone is 5. The summed E-state index contributed by atoms with van der Waals surface area (Å²) in [7, 11) is 0.962. The molecule has 30 heavy (non-hydrogen) atoms. The maximum Gasteiger partial charge on any atom is 0.431 e. The van der Waals surface area contributed by atoms with Crippen molar-refractivity contribution in [2.45, 2.75) is 19.2 Å². The summed E-state index contributed by atoms with van der Waals surface area (Å²) in [5, 5.41) is 0.820. The van der Waals surface area contributed by atoms with E-state index in [1.54, 1.807) is 30.4 Å². The van der Waals surface area contributed by atoms with Gasteiger partial charge in [0.2, 0.25) is 0 Å². The van der Waals surface area contributed by atoms with E-state index in [4.69, 9.17) is 27.9 Å². The van der Waals surface area contributed by atoms with E-state index in [0.29, 0.717) is 37.4 Å². The van der Waals surface area contributed by atoms with Crippen molar-refractivity contribution in [2.75, 3.05) is 0 Å². The summed E-state index contributed by atoms with van der Waals surface area (Å²) in [6, 6.07) is 5.47.